The molecule has 0 spiro atoms. The Kier molecular flexibility index (Phi) is 3.19. The van der Waals surface area contributed by atoms with E-state index in [1.807, 2.05) is 0 Å². The van der Waals surface area contributed by atoms with Gasteiger partial charge in [-0.05, 0) is 31.6 Å². The fourth-order valence-corrected chi connectivity index (χ4v) is 2.28. The van der Waals surface area contributed by atoms with Crippen molar-refractivity contribution in [3.63, 3.8) is 0 Å². The van der Waals surface area contributed by atoms with Gasteiger partial charge in [-0.1, -0.05) is 0 Å². The van der Waals surface area contributed by atoms with Crippen molar-refractivity contribution >= 4 is 0 Å². The second-order valence-electron chi connectivity index (χ2n) is 4.41. The van der Waals surface area contributed by atoms with Gasteiger partial charge in [0.2, 0.25) is 0 Å². The molecule has 1 saturated carbocycles. The maximum Gasteiger partial charge on any atom is 0.0507 e. The molecule has 0 radical (unpaired) electrons. The highest BCUT2D eigenvalue weighted by Gasteiger charge is 2.23. The number of hydrogen-bond donors (Lipinski definition) is 2. The first-order valence-corrected chi connectivity index (χ1v) is 5.41. The van der Waals surface area contributed by atoms with Gasteiger partial charge in [-0.2, -0.15) is 0 Å². The maximum absolute atomic E-state index is 5.84. The predicted molar refractivity (Wildman–Crippen MR) is 52.5 cm³/mol. The summed E-state index contributed by atoms with van der Waals surface area (Å²) in [4.78, 5) is 0. The Morgan fingerprint density at radius 2 is 2.23 bits per heavy atom. The van der Waals surface area contributed by atoms with Crippen LogP contribution in [0.1, 0.15) is 25.7 Å². The summed E-state index contributed by atoms with van der Waals surface area (Å²) in [7, 11) is 0. The molecule has 3 heteroatoms. The number of rotatable bonds is 3. The van der Waals surface area contributed by atoms with Crippen molar-refractivity contribution in [1.82, 2.24) is 5.32 Å². The van der Waals surface area contributed by atoms with Crippen molar-refractivity contribution in [3.8, 4) is 0 Å². The molecule has 13 heavy (non-hydrogen) atoms. The molecule has 0 aromatic carbocycles. The van der Waals surface area contributed by atoms with E-state index >= 15 is 0 Å². The summed E-state index contributed by atoms with van der Waals surface area (Å²) in [6.45, 7) is 3.03. The molecular weight excluding hydrogens is 164 g/mol. The van der Waals surface area contributed by atoms with Crippen LogP contribution in [-0.4, -0.2) is 31.8 Å². The van der Waals surface area contributed by atoms with Crippen molar-refractivity contribution in [2.45, 2.75) is 37.8 Å². The van der Waals surface area contributed by atoms with E-state index in [-0.39, 0.29) is 0 Å². The van der Waals surface area contributed by atoms with Gasteiger partial charge < -0.3 is 15.8 Å². The number of nitrogens with one attached hydrogen (secondary N) is 1. The smallest absolute Gasteiger partial charge is 0.0507 e. The minimum Gasteiger partial charge on any atom is -0.381 e. The number of ether oxygens (including phenoxy) is 1. The average Bonchev–Trinajstić information content (AvgIpc) is 2.71. The summed E-state index contributed by atoms with van der Waals surface area (Å²) in [5.74, 6) is 0.747. The van der Waals surface area contributed by atoms with Gasteiger partial charge in [0.25, 0.3) is 0 Å². The Morgan fingerprint density at radius 3 is 2.85 bits per heavy atom. The average molecular weight is 184 g/mol. The first kappa shape index (κ1) is 9.44. The van der Waals surface area contributed by atoms with E-state index in [0.29, 0.717) is 12.1 Å². The molecular formula is C10H20N2O. The molecule has 0 aromatic heterocycles. The van der Waals surface area contributed by atoms with Gasteiger partial charge >= 0.3 is 0 Å². The summed E-state index contributed by atoms with van der Waals surface area (Å²) in [6.07, 6.45) is 4.84. The van der Waals surface area contributed by atoms with Gasteiger partial charge in [0.05, 0.1) is 6.61 Å². The first-order chi connectivity index (χ1) is 6.34. The Morgan fingerprint density at radius 1 is 1.31 bits per heavy atom. The van der Waals surface area contributed by atoms with Gasteiger partial charge in [-0.3, -0.25) is 0 Å². The van der Waals surface area contributed by atoms with E-state index in [4.69, 9.17) is 10.5 Å². The summed E-state index contributed by atoms with van der Waals surface area (Å²) in [6, 6.07) is 1.12. The largest absolute Gasteiger partial charge is 0.381 e. The lowest BCUT2D eigenvalue weighted by Crippen LogP contribution is -2.32. The third kappa shape index (κ3) is 2.66. The van der Waals surface area contributed by atoms with Crippen LogP contribution in [0.3, 0.4) is 0 Å². The molecule has 3 unspecified atom stereocenters. The van der Waals surface area contributed by atoms with E-state index in [9.17, 15) is 0 Å². The number of hydrogen-bond acceptors (Lipinski definition) is 3. The molecule has 2 fully saturated rings. The zero-order valence-electron chi connectivity index (χ0n) is 8.17. The highest BCUT2D eigenvalue weighted by Crippen LogP contribution is 2.18. The van der Waals surface area contributed by atoms with Crippen molar-refractivity contribution < 1.29 is 4.74 Å². The van der Waals surface area contributed by atoms with E-state index in [0.717, 1.165) is 32.1 Å². The number of nitrogens with two attached hydrogens (primary N) is 1. The van der Waals surface area contributed by atoms with Crippen molar-refractivity contribution in [2.75, 3.05) is 19.8 Å². The van der Waals surface area contributed by atoms with Crippen LogP contribution in [0, 0.1) is 5.92 Å². The zero-order valence-corrected chi connectivity index (χ0v) is 8.17. The SMILES string of the molecule is NC1CCC(NCC2CCOC2)C1. The van der Waals surface area contributed by atoms with Gasteiger partial charge in [-0.25, -0.2) is 0 Å². The topological polar surface area (TPSA) is 47.3 Å². The standard InChI is InChI=1S/C10H20N2O/c11-9-1-2-10(5-9)12-6-8-3-4-13-7-8/h8-10,12H,1-7,11H2. The molecule has 1 aliphatic carbocycles. The third-order valence-corrected chi connectivity index (χ3v) is 3.19. The predicted octanol–water partition coefficient (Wildman–Crippen LogP) is 0.492. The Hall–Kier alpha value is -0.120. The van der Waals surface area contributed by atoms with Crippen molar-refractivity contribution in [2.24, 2.45) is 11.7 Å². The summed E-state index contributed by atoms with van der Waals surface area (Å²) < 4.78 is 5.33. The Balaban J connectivity index is 1.62. The molecule has 1 saturated heterocycles. The quantitative estimate of drug-likeness (QED) is 0.671. The van der Waals surface area contributed by atoms with E-state index in [2.05, 4.69) is 5.32 Å². The van der Waals surface area contributed by atoms with Crippen molar-refractivity contribution in [1.29, 1.82) is 0 Å². The molecule has 0 aromatic rings. The molecule has 3 nitrogen and oxygen atoms in total. The van der Waals surface area contributed by atoms with Crippen molar-refractivity contribution in [3.05, 3.63) is 0 Å². The molecule has 1 aliphatic heterocycles. The van der Waals surface area contributed by atoms with Crippen LogP contribution >= 0.6 is 0 Å². The molecule has 0 amide bonds. The van der Waals surface area contributed by atoms with Crippen LogP contribution in [0.15, 0.2) is 0 Å². The first-order valence-electron chi connectivity index (χ1n) is 5.41. The van der Waals surface area contributed by atoms with Gasteiger partial charge in [0.15, 0.2) is 0 Å². The zero-order chi connectivity index (χ0) is 9.10. The second-order valence-corrected chi connectivity index (χ2v) is 4.41. The van der Waals surface area contributed by atoms with Crippen LogP contribution in [0.4, 0.5) is 0 Å². The highest BCUT2D eigenvalue weighted by atomic mass is 16.5. The Bertz CT molecular complexity index is 157. The van der Waals surface area contributed by atoms with Gasteiger partial charge in [-0.15, -0.1) is 0 Å². The highest BCUT2D eigenvalue weighted by molar-refractivity contribution is 4.83. The molecule has 0 bridgehead atoms. The van der Waals surface area contributed by atoms with Crippen LogP contribution in [0.2, 0.25) is 0 Å². The van der Waals surface area contributed by atoms with Gasteiger partial charge in [0, 0.05) is 25.2 Å². The fourth-order valence-electron chi connectivity index (χ4n) is 2.28. The second kappa shape index (κ2) is 4.40. The summed E-state index contributed by atoms with van der Waals surface area (Å²) in [5.41, 5.74) is 5.84. The summed E-state index contributed by atoms with van der Waals surface area (Å²) in [5, 5.41) is 3.59. The van der Waals surface area contributed by atoms with Crippen LogP contribution in [0.25, 0.3) is 0 Å². The third-order valence-electron chi connectivity index (χ3n) is 3.19. The van der Waals surface area contributed by atoms with E-state index in [1.54, 1.807) is 0 Å². The lowest BCUT2D eigenvalue weighted by molar-refractivity contribution is 0.184. The molecule has 2 rings (SSSR count). The fraction of sp³-hybridized carbons (Fsp3) is 1.00. The summed E-state index contributed by atoms with van der Waals surface area (Å²) >= 11 is 0. The van der Waals surface area contributed by atoms with Crippen LogP contribution < -0.4 is 11.1 Å². The molecule has 76 valence electrons. The lowest BCUT2D eigenvalue weighted by atomic mass is 10.1. The minimum absolute atomic E-state index is 0.442. The van der Waals surface area contributed by atoms with Crippen LogP contribution in [-0.2, 0) is 4.74 Å². The van der Waals surface area contributed by atoms with E-state index < -0.39 is 0 Å². The Labute approximate surface area is 80.0 Å². The normalized spacial score (nSPS) is 39.9. The van der Waals surface area contributed by atoms with Gasteiger partial charge in [0.1, 0.15) is 0 Å². The molecule has 3 N–H and O–H groups in total. The van der Waals surface area contributed by atoms with Crippen LogP contribution in [0.5, 0.6) is 0 Å². The molecule has 3 atom stereocenters. The molecule has 2 aliphatic rings. The maximum atomic E-state index is 5.84. The minimum atomic E-state index is 0.442. The van der Waals surface area contributed by atoms with E-state index in [1.165, 1.54) is 19.3 Å². The lowest BCUT2D eigenvalue weighted by Gasteiger charge is -2.15. The monoisotopic (exact) mass is 184 g/mol. The molecule has 1 heterocycles.